The molecule has 1 N–H and O–H groups in total. The summed E-state index contributed by atoms with van der Waals surface area (Å²) >= 11 is 1.29. The van der Waals surface area contributed by atoms with E-state index in [9.17, 15) is 9.59 Å². The fourth-order valence-corrected chi connectivity index (χ4v) is 2.88. The molecule has 3 heterocycles. The highest BCUT2D eigenvalue weighted by Crippen LogP contribution is 2.22. The Morgan fingerprint density at radius 1 is 1.52 bits per heavy atom. The van der Waals surface area contributed by atoms with Crippen LogP contribution in [0.4, 0.5) is 5.00 Å². The van der Waals surface area contributed by atoms with E-state index in [2.05, 4.69) is 15.4 Å². The van der Waals surface area contributed by atoms with Crippen LogP contribution in [0.2, 0.25) is 0 Å². The zero-order chi connectivity index (χ0) is 16.4. The van der Waals surface area contributed by atoms with Crippen molar-refractivity contribution < 1.29 is 4.79 Å². The molecule has 3 rings (SSSR count). The lowest BCUT2D eigenvalue weighted by Crippen LogP contribution is -2.23. The highest BCUT2D eigenvalue weighted by atomic mass is 32.1. The van der Waals surface area contributed by atoms with Crippen LogP contribution < -0.4 is 10.9 Å². The lowest BCUT2D eigenvalue weighted by molar-refractivity contribution is -0.116. The molecule has 8 nitrogen and oxygen atoms in total. The Kier molecular flexibility index (Phi) is 3.91. The zero-order valence-electron chi connectivity index (χ0n) is 12.2. The van der Waals surface area contributed by atoms with Gasteiger partial charge in [0, 0.05) is 20.0 Å². The molecule has 0 unspecified atom stereocenters. The minimum atomic E-state index is -0.262. The molecule has 116 valence electrons. The highest BCUT2D eigenvalue weighted by molar-refractivity contribution is 7.14. The number of nitriles is 1. The van der Waals surface area contributed by atoms with Crippen molar-refractivity contribution in [3.05, 3.63) is 39.9 Å². The molecular formula is C14H12N6O2S. The maximum absolute atomic E-state index is 12.3. The third-order valence-electron chi connectivity index (χ3n) is 3.34. The number of hydrogen-bond acceptors (Lipinski definition) is 6. The number of thiophene rings is 1. The van der Waals surface area contributed by atoms with E-state index in [4.69, 9.17) is 5.26 Å². The highest BCUT2D eigenvalue weighted by Gasteiger charge is 2.11. The van der Waals surface area contributed by atoms with Crippen molar-refractivity contribution >= 4 is 33.3 Å². The van der Waals surface area contributed by atoms with Gasteiger partial charge in [-0.1, -0.05) is 0 Å². The summed E-state index contributed by atoms with van der Waals surface area (Å²) in [5, 5.41) is 18.3. The molecule has 9 heteroatoms. The largest absolute Gasteiger partial charge is 0.317 e. The smallest absolute Gasteiger partial charge is 0.264 e. The van der Waals surface area contributed by atoms with E-state index in [1.165, 1.54) is 33.1 Å². The minimum absolute atomic E-state index is 0.107. The summed E-state index contributed by atoms with van der Waals surface area (Å²) in [6.45, 7) is 0.204. The first-order valence-electron chi connectivity index (χ1n) is 6.74. The molecule has 1 amide bonds. The topological polar surface area (TPSA) is 106 Å². The van der Waals surface area contributed by atoms with Gasteiger partial charge in [0.2, 0.25) is 5.91 Å². The Hall–Kier alpha value is -2.99. The number of carbonyl (C=O) groups is 1. The van der Waals surface area contributed by atoms with Crippen LogP contribution in [0, 0.1) is 11.3 Å². The maximum Gasteiger partial charge on any atom is 0.264 e. The number of anilines is 1. The first-order chi connectivity index (χ1) is 11.1. The van der Waals surface area contributed by atoms with Gasteiger partial charge in [0.1, 0.15) is 16.5 Å². The normalized spacial score (nSPS) is 10.6. The van der Waals surface area contributed by atoms with Crippen molar-refractivity contribution in [2.75, 3.05) is 5.32 Å². The van der Waals surface area contributed by atoms with Crippen molar-refractivity contribution in [1.82, 2.24) is 19.3 Å². The van der Waals surface area contributed by atoms with Gasteiger partial charge in [-0.2, -0.15) is 10.4 Å². The van der Waals surface area contributed by atoms with Crippen LogP contribution in [0.15, 0.2) is 28.8 Å². The molecule has 0 aromatic carbocycles. The van der Waals surface area contributed by atoms with Crippen molar-refractivity contribution in [3.63, 3.8) is 0 Å². The average molecular weight is 328 g/mol. The molecule has 0 spiro atoms. The summed E-state index contributed by atoms with van der Waals surface area (Å²) in [6.07, 6.45) is 2.98. The van der Waals surface area contributed by atoms with Gasteiger partial charge in [-0.05, 0) is 11.4 Å². The molecule has 0 aliphatic heterocycles. The summed E-state index contributed by atoms with van der Waals surface area (Å²) in [4.78, 5) is 28.4. The quantitative estimate of drug-likeness (QED) is 0.772. The number of aryl methyl sites for hydroxylation is 2. The number of hydrogen-bond donors (Lipinski definition) is 1. The summed E-state index contributed by atoms with van der Waals surface area (Å²) in [6, 6.07) is 3.65. The molecule has 0 radical (unpaired) electrons. The molecule has 3 aromatic heterocycles. The molecule has 0 saturated carbocycles. The molecular weight excluding hydrogens is 316 g/mol. The molecule has 0 saturated heterocycles. The van der Waals surface area contributed by atoms with Gasteiger partial charge in [-0.25, -0.2) is 4.98 Å². The Morgan fingerprint density at radius 2 is 2.35 bits per heavy atom. The second-order valence-corrected chi connectivity index (χ2v) is 5.74. The standard InChI is InChI=1S/C14H12N6O2S/c1-19-12-10(7-17-19)14(22)20(8-16-12)4-2-11(21)18-13-9(6-15)3-5-23-13/h3,5,7-8H,2,4H2,1H3,(H,18,21). The number of fused-ring (bicyclic) bond motifs is 1. The number of nitrogens with one attached hydrogen (secondary N) is 1. The Morgan fingerprint density at radius 3 is 3.13 bits per heavy atom. The molecule has 3 aromatic rings. The Labute approximate surface area is 134 Å². The summed E-state index contributed by atoms with van der Waals surface area (Å²) in [5.74, 6) is -0.262. The van der Waals surface area contributed by atoms with E-state index in [1.807, 2.05) is 6.07 Å². The van der Waals surface area contributed by atoms with Gasteiger partial charge < -0.3 is 5.32 Å². The van der Waals surface area contributed by atoms with Gasteiger partial charge in [-0.3, -0.25) is 18.8 Å². The molecule has 0 fully saturated rings. The lowest BCUT2D eigenvalue weighted by Gasteiger charge is -2.06. The third kappa shape index (κ3) is 2.84. The van der Waals surface area contributed by atoms with Crippen molar-refractivity contribution in [2.45, 2.75) is 13.0 Å². The van der Waals surface area contributed by atoms with Gasteiger partial charge in [0.05, 0.1) is 18.1 Å². The number of carbonyl (C=O) groups excluding carboxylic acids is 1. The Bertz CT molecular complexity index is 977. The zero-order valence-corrected chi connectivity index (χ0v) is 13.0. The van der Waals surface area contributed by atoms with E-state index >= 15 is 0 Å². The first-order valence-corrected chi connectivity index (χ1v) is 7.62. The molecule has 0 aliphatic rings. The van der Waals surface area contributed by atoms with E-state index in [-0.39, 0.29) is 24.4 Å². The SMILES string of the molecule is Cn1ncc2c(=O)n(CCC(=O)Nc3sccc3C#N)cnc21. The second-order valence-electron chi connectivity index (χ2n) is 4.82. The Balaban J connectivity index is 1.71. The summed E-state index contributed by atoms with van der Waals surface area (Å²) < 4.78 is 2.90. The monoisotopic (exact) mass is 328 g/mol. The van der Waals surface area contributed by atoms with Crippen molar-refractivity contribution in [2.24, 2.45) is 7.05 Å². The van der Waals surface area contributed by atoms with E-state index in [1.54, 1.807) is 18.5 Å². The number of rotatable bonds is 4. The lowest BCUT2D eigenvalue weighted by atomic mass is 10.3. The van der Waals surface area contributed by atoms with Gasteiger partial charge in [0.15, 0.2) is 5.65 Å². The van der Waals surface area contributed by atoms with Crippen LogP contribution in [0.5, 0.6) is 0 Å². The summed E-state index contributed by atoms with van der Waals surface area (Å²) in [7, 11) is 1.71. The van der Waals surface area contributed by atoms with E-state index in [0.29, 0.717) is 21.6 Å². The van der Waals surface area contributed by atoms with Gasteiger partial charge in [0.25, 0.3) is 5.56 Å². The van der Waals surface area contributed by atoms with Crippen molar-refractivity contribution in [3.8, 4) is 6.07 Å². The molecule has 0 aliphatic carbocycles. The van der Waals surface area contributed by atoms with Gasteiger partial charge in [-0.15, -0.1) is 11.3 Å². The van der Waals surface area contributed by atoms with Crippen LogP contribution in [0.3, 0.4) is 0 Å². The number of nitrogens with zero attached hydrogens (tertiary/aromatic N) is 5. The second kappa shape index (κ2) is 6.02. The van der Waals surface area contributed by atoms with Crippen LogP contribution in [0.25, 0.3) is 11.0 Å². The first kappa shape index (κ1) is 14.9. The van der Waals surface area contributed by atoms with Crippen LogP contribution in [0.1, 0.15) is 12.0 Å². The minimum Gasteiger partial charge on any atom is -0.317 e. The molecule has 0 atom stereocenters. The average Bonchev–Trinajstić information content (AvgIpc) is 3.14. The van der Waals surface area contributed by atoms with E-state index < -0.39 is 0 Å². The third-order valence-corrected chi connectivity index (χ3v) is 4.17. The predicted octanol–water partition coefficient (Wildman–Crippen LogP) is 1.09. The number of aromatic nitrogens is 4. The molecule has 23 heavy (non-hydrogen) atoms. The van der Waals surface area contributed by atoms with Crippen molar-refractivity contribution in [1.29, 1.82) is 5.26 Å². The van der Waals surface area contributed by atoms with Crippen LogP contribution >= 0.6 is 11.3 Å². The summed E-state index contributed by atoms with van der Waals surface area (Å²) in [5.41, 5.74) is 0.705. The molecule has 0 bridgehead atoms. The fraction of sp³-hybridized carbons (Fsp3) is 0.214. The predicted molar refractivity (Wildman–Crippen MR) is 85.0 cm³/mol. The maximum atomic E-state index is 12.3. The number of amides is 1. The van der Waals surface area contributed by atoms with Crippen LogP contribution in [-0.2, 0) is 18.4 Å². The fourth-order valence-electron chi connectivity index (χ4n) is 2.13. The van der Waals surface area contributed by atoms with Gasteiger partial charge >= 0.3 is 0 Å². The van der Waals surface area contributed by atoms with Crippen LogP contribution in [-0.4, -0.2) is 25.2 Å². The van der Waals surface area contributed by atoms with E-state index in [0.717, 1.165) is 0 Å².